The van der Waals surface area contributed by atoms with Gasteiger partial charge < -0.3 is 24.3 Å². The fourth-order valence-electron chi connectivity index (χ4n) is 2.19. The van der Waals surface area contributed by atoms with Crippen LogP contribution in [0.5, 0.6) is 17.2 Å². The standard InChI is InChI=1S/C17H22N4O6S2/c1-5-27-16(23)19-15-20-21-17(29-15)28-9-13(22)18-8-10-6-11(24-2)14(26-4)12(7-10)25-3/h6-7H,5,8-9H2,1-4H3,(H,18,22)(H,19,20,23). The SMILES string of the molecule is CCOC(=O)Nc1nnc(SCC(=O)NCc2cc(OC)c(OC)c(OC)c2)s1. The number of anilines is 1. The molecule has 2 amide bonds. The van der Waals surface area contributed by atoms with Gasteiger partial charge in [-0.3, -0.25) is 10.1 Å². The Balaban J connectivity index is 1.86. The van der Waals surface area contributed by atoms with Crippen LogP contribution in [0.1, 0.15) is 12.5 Å². The van der Waals surface area contributed by atoms with E-state index in [1.807, 2.05) is 0 Å². The number of carbonyl (C=O) groups is 2. The average Bonchev–Trinajstić information content (AvgIpc) is 3.17. The molecule has 0 aliphatic rings. The number of methoxy groups -OCH3 is 3. The number of thioether (sulfide) groups is 1. The van der Waals surface area contributed by atoms with E-state index >= 15 is 0 Å². The van der Waals surface area contributed by atoms with Crippen molar-refractivity contribution in [3.8, 4) is 17.2 Å². The zero-order valence-electron chi connectivity index (χ0n) is 16.4. The van der Waals surface area contributed by atoms with Crippen molar-refractivity contribution in [1.29, 1.82) is 0 Å². The normalized spacial score (nSPS) is 10.2. The van der Waals surface area contributed by atoms with Crippen LogP contribution in [0.3, 0.4) is 0 Å². The lowest BCUT2D eigenvalue weighted by Crippen LogP contribution is -2.24. The van der Waals surface area contributed by atoms with Gasteiger partial charge in [0.1, 0.15) is 0 Å². The van der Waals surface area contributed by atoms with Crippen molar-refractivity contribution in [3.63, 3.8) is 0 Å². The van der Waals surface area contributed by atoms with Crippen LogP contribution in [0.15, 0.2) is 16.5 Å². The van der Waals surface area contributed by atoms with Crippen LogP contribution in [-0.2, 0) is 16.1 Å². The first-order valence-corrected chi connectivity index (χ1v) is 10.3. The van der Waals surface area contributed by atoms with Crippen LogP contribution in [0.4, 0.5) is 9.93 Å². The molecule has 0 atom stereocenters. The molecule has 2 N–H and O–H groups in total. The molecule has 0 aliphatic heterocycles. The predicted octanol–water partition coefficient (Wildman–Crippen LogP) is 2.54. The van der Waals surface area contributed by atoms with Gasteiger partial charge in [0.15, 0.2) is 15.8 Å². The molecule has 0 unspecified atom stereocenters. The Kier molecular flexibility index (Phi) is 8.80. The molecule has 29 heavy (non-hydrogen) atoms. The van der Waals surface area contributed by atoms with Crippen molar-refractivity contribution in [2.75, 3.05) is 39.0 Å². The summed E-state index contributed by atoms with van der Waals surface area (Å²) >= 11 is 2.38. The molecular weight excluding hydrogens is 420 g/mol. The van der Waals surface area contributed by atoms with Gasteiger partial charge in [-0.15, -0.1) is 10.2 Å². The molecule has 1 aromatic heterocycles. The fraction of sp³-hybridized carbons (Fsp3) is 0.412. The molecule has 1 heterocycles. The van der Waals surface area contributed by atoms with Crippen LogP contribution in [-0.4, -0.2) is 55.9 Å². The van der Waals surface area contributed by atoms with E-state index in [1.165, 1.54) is 33.1 Å². The number of hydrogen-bond donors (Lipinski definition) is 2. The Morgan fingerprint density at radius 1 is 1.10 bits per heavy atom. The molecule has 2 aromatic rings. The smallest absolute Gasteiger partial charge is 0.413 e. The summed E-state index contributed by atoms with van der Waals surface area (Å²) in [5.74, 6) is 1.49. The Morgan fingerprint density at radius 2 is 1.79 bits per heavy atom. The van der Waals surface area contributed by atoms with Gasteiger partial charge >= 0.3 is 6.09 Å². The number of carbonyl (C=O) groups excluding carboxylic acids is 2. The molecule has 2 rings (SSSR count). The van der Waals surface area contributed by atoms with Gasteiger partial charge in [-0.25, -0.2) is 4.79 Å². The lowest BCUT2D eigenvalue weighted by molar-refractivity contribution is -0.118. The van der Waals surface area contributed by atoms with Crippen molar-refractivity contribution in [2.45, 2.75) is 17.8 Å². The van der Waals surface area contributed by atoms with E-state index < -0.39 is 6.09 Å². The molecule has 0 fully saturated rings. The minimum Gasteiger partial charge on any atom is -0.493 e. The van der Waals surface area contributed by atoms with E-state index in [4.69, 9.17) is 18.9 Å². The molecular formula is C17H22N4O6S2. The van der Waals surface area contributed by atoms with E-state index in [0.717, 1.165) is 16.9 Å². The van der Waals surface area contributed by atoms with E-state index in [0.29, 0.717) is 33.3 Å². The maximum atomic E-state index is 12.1. The highest BCUT2D eigenvalue weighted by Gasteiger charge is 2.14. The number of aromatic nitrogens is 2. The second-order valence-electron chi connectivity index (χ2n) is 5.32. The second kappa shape index (κ2) is 11.3. The van der Waals surface area contributed by atoms with Crippen molar-refractivity contribution in [2.24, 2.45) is 0 Å². The number of benzene rings is 1. The zero-order valence-corrected chi connectivity index (χ0v) is 18.1. The van der Waals surface area contributed by atoms with Gasteiger partial charge in [0.25, 0.3) is 0 Å². The van der Waals surface area contributed by atoms with Crippen LogP contribution >= 0.6 is 23.1 Å². The summed E-state index contributed by atoms with van der Waals surface area (Å²) < 4.78 is 21.2. The van der Waals surface area contributed by atoms with Gasteiger partial charge in [0.05, 0.1) is 33.7 Å². The Morgan fingerprint density at radius 3 is 2.38 bits per heavy atom. The van der Waals surface area contributed by atoms with Gasteiger partial charge in [0.2, 0.25) is 16.8 Å². The van der Waals surface area contributed by atoms with Crippen molar-refractivity contribution >= 4 is 40.2 Å². The maximum absolute atomic E-state index is 12.1. The van der Waals surface area contributed by atoms with Crippen molar-refractivity contribution in [3.05, 3.63) is 17.7 Å². The van der Waals surface area contributed by atoms with Crippen LogP contribution in [0, 0.1) is 0 Å². The Hall–Kier alpha value is -2.73. The second-order valence-corrected chi connectivity index (χ2v) is 7.52. The van der Waals surface area contributed by atoms with Crippen LogP contribution in [0.2, 0.25) is 0 Å². The summed E-state index contributed by atoms with van der Waals surface area (Å²) in [5.41, 5.74) is 0.801. The average molecular weight is 443 g/mol. The summed E-state index contributed by atoms with van der Waals surface area (Å²) in [6.07, 6.45) is -0.594. The van der Waals surface area contributed by atoms with Gasteiger partial charge in [-0.2, -0.15) is 0 Å². The first kappa shape index (κ1) is 22.6. The highest BCUT2D eigenvalue weighted by molar-refractivity contribution is 8.01. The zero-order chi connectivity index (χ0) is 21.2. The molecule has 0 bridgehead atoms. The van der Waals surface area contributed by atoms with E-state index in [-0.39, 0.29) is 18.3 Å². The van der Waals surface area contributed by atoms with E-state index in [9.17, 15) is 9.59 Å². The molecule has 0 spiro atoms. The first-order chi connectivity index (χ1) is 14.0. The lowest BCUT2D eigenvalue weighted by Gasteiger charge is -2.14. The monoisotopic (exact) mass is 442 g/mol. The topological polar surface area (TPSA) is 121 Å². The maximum Gasteiger partial charge on any atom is 0.413 e. The van der Waals surface area contributed by atoms with E-state index in [1.54, 1.807) is 19.1 Å². The number of hydrogen-bond acceptors (Lipinski definition) is 10. The summed E-state index contributed by atoms with van der Waals surface area (Å²) in [5, 5.41) is 13.3. The quantitative estimate of drug-likeness (QED) is 0.422. The Labute approximate surface area is 176 Å². The number of ether oxygens (including phenoxy) is 4. The lowest BCUT2D eigenvalue weighted by atomic mass is 10.2. The van der Waals surface area contributed by atoms with Crippen LogP contribution in [0.25, 0.3) is 0 Å². The molecule has 10 nitrogen and oxygen atoms in total. The van der Waals surface area contributed by atoms with Crippen molar-refractivity contribution < 1.29 is 28.5 Å². The number of amides is 2. The first-order valence-electron chi connectivity index (χ1n) is 8.46. The minimum absolute atomic E-state index is 0.151. The summed E-state index contributed by atoms with van der Waals surface area (Å²) in [4.78, 5) is 23.5. The summed E-state index contributed by atoms with van der Waals surface area (Å²) in [6.45, 7) is 2.26. The summed E-state index contributed by atoms with van der Waals surface area (Å²) in [6, 6.07) is 3.54. The highest BCUT2D eigenvalue weighted by atomic mass is 32.2. The predicted molar refractivity (Wildman–Crippen MR) is 109 cm³/mol. The minimum atomic E-state index is -0.594. The molecule has 1 aromatic carbocycles. The van der Waals surface area contributed by atoms with Gasteiger partial charge in [0, 0.05) is 6.54 Å². The molecule has 0 radical (unpaired) electrons. The van der Waals surface area contributed by atoms with Crippen molar-refractivity contribution in [1.82, 2.24) is 15.5 Å². The molecule has 0 aliphatic carbocycles. The molecule has 0 saturated carbocycles. The molecule has 12 heteroatoms. The van der Waals surface area contributed by atoms with E-state index in [2.05, 4.69) is 20.8 Å². The largest absolute Gasteiger partial charge is 0.493 e. The third-order valence-corrected chi connectivity index (χ3v) is 5.40. The molecule has 158 valence electrons. The number of nitrogens with one attached hydrogen (secondary N) is 2. The third kappa shape index (κ3) is 6.68. The van der Waals surface area contributed by atoms with Crippen LogP contribution < -0.4 is 24.8 Å². The Bertz CT molecular complexity index is 820. The number of nitrogens with zero attached hydrogens (tertiary/aromatic N) is 2. The third-order valence-electron chi connectivity index (χ3n) is 3.43. The van der Waals surface area contributed by atoms with Gasteiger partial charge in [-0.1, -0.05) is 23.1 Å². The van der Waals surface area contributed by atoms with Gasteiger partial charge in [-0.05, 0) is 24.6 Å². The fourth-order valence-corrected chi connectivity index (χ4v) is 3.76. The summed E-state index contributed by atoms with van der Waals surface area (Å²) in [7, 11) is 4.59. The number of rotatable bonds is 10. The highest BCUT2D eigenvalue weighted by Crippen LogP contribution is 2.38. The molecule has 0 saturated heterocycles.